The zero-order valence-electron chi connectivity index (χ0n) is 11.0. The van der Waals surface area contributed by atoms with Gasteiger partial charge in [-0.3, -0.25) is 4.79 Å². The normalized spacial score (nSPS) is 35.9. The summed E-state index contributed by atoms with van der Waals surface area (Å²) in [4.78, 5) is 12.0. The maximum absolute atomic E-state index is 12.0. The van der Waals surface area contributed by atoms with Crippen LogP contribution in [0.25, 0.3) is 0 Å². The molecule has 2 bridgehead atoms. The van der Waals surface area contributed by atoms with Gasteiger partial charge in [-0.1, -0.05) is 24.3 Å². The minimum absolute atomic E-state index is 0. The third kappa shape index (κ3) is 1.77. The highest BCUT2D eigenvalue weighted by atomic mass is 35.5. The van der Waals surface area contributed by atoms with E-state index < -0.39 is 0 Å². The van der Waals surface area contributed by atoms with Crippen molar-refractivity contribution in [1.29, 1.82) is 0 Å². The molecule has 1 aromatic rings. The van der Waals surface area contributed by atoms with E-state index in [0.717, 1.165) is 38.6 Å². The molecule has 0 amide bonds. The Morgan fingerprint density at radius 3 is 3.00 bits per heavy atom. The molecule has 0 unspecified atom stereocenters. The van der Waals surface area contributed by atoms with E-state index in [0.29, 0.717) is 17.7 Å². The first-order valence-corrected chi connectivity index (χ1v) is 7.13. The summed E-state index contributed by atoms with van der Waals surface area (Å²) in [5, 5.41) is 3.69. The van der Waals surface area contributed by atoms with E-state index in [2.05, 4.69) is 29.6 Å². The number of piperidine rings is 1. The Hall–Kier alpha value is -0.860. The molecule has 2 aliphatic carbocycles. The lowest BCUT2D eigenvalue weighted by atomic mass is 9.52. The zero-order chi connectivity index (χ0) is 12.2. The van der Waals surface area contributed by atoms with Gasteiger partial charge < -0.3 is 5.32 Å². The van der Waals surface area contributed by atoms with Crippen LogP contribution >= 0.6 is 12.4 Å². The summed E-state index contributed by atoms with van der Waals surface area (Å²) in [6.45, 7) is 1.07. The van der Waals surface area contributed by atoms with Crippen LogP contribution in [0.3, 0.4) is 0 Å². The molecule has 1 aromatic carbocycles. The summed E-state index contributed by atoms with van der Waals surface area (Å²) in [7, 11) is 0. The van der Waals surface area contributed by atoms with Gasteiger partial charge in [0.25, 0.3) is 0 Å². The molecule has 102 valence electrons. The van der Waals surface area contributed by atoms with E-state index in [1.165, 1.54) is 11.1 Å². The summed E-state index contributed by atoms with van der Waals surface area (Å²) < 4.78 is 0. The minimum atomic E-state index is 0. The van der Waals surface area contributed by atoms with Gasteiger partial charge in [-0.05, 0) is 42.9 Å². The number of Topliss-reactive ketones (excluding diaryl/α,β-unsaturated/α-hetero) is 1. The Morgan fingerprint density at radius 1 is 1.26 bits per heavy atom. The van der Waals surface area contributed by atoms with Crippen LogP contribution in [0.1, 0.15) is 36.8 Å². The monoisotopic (exact) mass is 277 g/mol. The number of carbonyl (C=O) groups excluding carboxylic acids is 1. The highest BCUT2D eigenvalue weighted by Crippen LogP contribution is 2.52. The Morgan fingerprint density at radius 2 is 2.11 bits per heavy atom. The highest BCUT2D eigenvalue weighted by molar-refractivity contribution is 5.85. The predicted molar refractivity (Wildman–Crippen MR) is 77.8 cm³/mol. The largest absolute Gasteiger partial charge is 0.313 e. The van der Waals surface area contributed by atoms with Crippen LogP contribution in [-0.2, 0) is 16.6 Å². The van der Waals surface area contributed by atoms with Crippen molar-refractivity contribution in [1.82, 2.24) is 5.32 Å². The van der Waals surface area contributed by atoms with Gasteiger partial charge in [0.05, 0.1) is 0 Å². The molecule has 3 heteroatoms. The Balaban J connectivity index is 0.00000110. The minimum Gasteiger partial charge on any atom is -0.313 e. The van der Waals surface area contributed by atoms with Gasteiger partial charge in [0.1, 0.15) is 5.78 Å². The molecule has 3 atom stereocenters. The van der Waals surface area contributed by atoms with Crippen molar-refractivity contribution in [2.45, 2.75) is 43.6 Å². The van der Waals surface area contributed by atoms with Crippen molar-refractivity contribution < 1.29 is 4.79 Å². The molecule has 0 radical (unpaired) electrons. The molecule has 1 saturated heterocycles. The number of hydrogen-bond acceptors (Lipinski definition) is 2. The first-order chi connectivity index (χ1) is 8.79. The molecular formula is C16H20ClNO. The molecule has 19 heavy (non-hydrogen) atoms. The van der Waals surface area contributed by atoms with E-state index in [4.69, 9.17) is 0 Å². The molecule has 1 heterocycles. The van der Waals surface area contributed by atoms with Gasteiger partial charge in [-0.2, -0.15) is 0 Å². The van der Waals surface area contributed by atoms with Crippen molar-refractivity contribution in [2.24, 2.45) is 5.92 Å². The summed E-state index contributed by atoms with van der Waals surface area (Å²) >= 11 is 0. The lowest BCUT2D eigenvalue weighted by Crippen LogP contribution is -2.60. The number of benzene rings is 1. The van der Waals surface area contributed by atoms with Gasteiger partial charge in [-0.15, -0.1) is 12.4 Å². The van der Waals surface area contributed by atoms with Gasteiger partial charge in [0.15, 0.2) is 0 Å². The van der Waals surface area contributed by atoms with Crippen LogP contribution in [0.15, 0.2) is 24.3 Å². The van der Waals surface area contributed by atoms with E-state index in [9.17, 15) is 4.79 Å². The maximum atomic E-state index is 12.0. The maximum Gasteiger partial charge on any atom is 0.133 e. The quantitative estimate of drug-likeness (QED) is 0.790. The molecule has 1 N–H and O–H groups in total. The molecule has 3 aliphatic rings. The van der Waals surface area contributed by atoms with Crippen molar-refractivity contribution in [3.8, 4) is 0 Å². The lowest BCUT2D eigenvalue weighted by Gasteiger charge is -2.55. The first-order valence-electron chi connectivity index (χ1n) is 7.13. The van der Waals surface area contributed by atoms with Crippen LogP contribution in [0.2, 0.25) is 0 Å². The highest BCUT2D eigenvalue weighted by Gasteiger charge is 2.53. The van der Waals surface area contributed by atoms with Gasteiger partial charge in [0, 0.05) is 24.3 Å². The number of ketones is 1. The van der Waals surface area contributed by atoms with Gasteiger partial charge in [-0.25, -0.2) is 0 Å². The molecule has 2 fully saturated rings. The number of carbonyl (C=O) groups is 1. The topological polar surface area (TPSA) is 29.1 Å². The third-order valence-corrected chi connectivity index (χ3v) is 5.41. The first kappa shape index (κ1) is 13.1. The van der Waals surface area contributed by atoms with Crippen molar-refractivity contribution in [2.75, 3.05) is 6.54 Å². The fourth-order valence-electron chi connectivity index (χ4n) is 4.71. The van der Waals surface area contributed by atoms with Gasteiger partial charge >= 0.3 is 0 Å². The molecule has 2 nitrogen and oxygen atoms in total. The molecule has 1 saturated carbocycles. The number of nitrogens with one attached hydrogen (secondary N) is 1. The number of halogens is 1. The second-order valence-corrected chi connectivity index (χ2v) is 6.19. The van der Waals surface area contributed by atoms with Crippen molar-refractivity contribution in [3.05, 3.63) is 35.4 Å². The van der Waals surface area contributed by atoms with Crippen LogP contribution in [0, 0.1) is 5.92 Å². The van der Waals surface area contributed by atoms with Crippen LogP contribution in [0.5, 0.6) is 0 Å². The molecule has 4 rings (SSSR count). The molecule has 0 aromatic heterocycles. The number of rotatable bonds is 0. The summed E-state index contributed by atoms with van der Waals surface area (Å²) in [6.07, 6.45) is 4.96. The van der Waals surface area contributed by atoms with E-state index >= 15 is 0 Å². The van der Waals surface area contributed by atoms with Crippen molar-refractivity contribution in [3.63, 3.8) is 0 Å². The Labute approximate surface area is 120 Å². The second kappa shape index (κ2) is 4.60. The summed E-state index contributed by atoms with van der Waals surface area (Å²) in [5.74, 6) is 1.16. The fraction of sp³-hybridized carbons (Fsp3) is 0.562. The van der Waals surface area contributed by atoms with Crippen LogP contribution in [-0.4, -0.2) is 18.4 Å². The van der Waals surface area contributed by atoms with E-state index in [1.54, 1.807) is 0 Å². The lowest BCUT2D eigenvalue weighted by molar-refractivity contribution is -0.125. The SMILES string of the molecule is Cl.O=C1CC[C@H]2[C@H]3Cc4ccccc4[C@@]2(CCN3)C1. The average Bonchev–Trinajstić information content (AvgIpc) is 2.38. The molecule has 0 spiro atoms. The number of hydrogen-bond donors (Lipinski definition) is 1. The smallest absolute Gasteiger partial charge is 0.133 e. The van der Waals surface area contributed by atoms with Gasteiger partial charge in [0.2, 0.25) is 0 Å². The van der Waals surface area contributed by atoms with Crippen molar-refractivity contribution >= 4 is 18.2 Å². The average molecular weight is 278 g/mol. The second-order valence-electron chi connectivity index (χ2n) is 6.19. The fourth-order valence-corrected chi connectivity index (χ4v) is 4.71. The zero-order valence-corrected chi connectivity index (χ0v) is 11.8. The third-order valence-electron chi connectivity index (χ3n) is 5.41. The molecular weight excluding hydrogens is 258 g/mol. The van der Waals surface area contributed by atoms with Crippen LogP contribution < -0.4 is 5.32 Å². The summed E-state index contributed by atoms with van der Waals surface area (Å²) in [5.41, 5.74) is 3.13. The van der Waals surface area contributed by atoms with E-state index in [-0.39, 0.29) is 17.8 Å². The standard InChI is InChI=1S/C16H19NO.ClH/c18-12-5-6-14-15-9-11-3-1-2-4-13(11)16(14,10-12)7-8-17-15;/h1-4,14-15,17H,5-10H2;1H/t14-,15+,16+;/m0./s1. The molecule has 1 aliphatic heterocycles. The predicted octanol–water partition coefficient (Wildman–Crippen LogP) is 2.63. The van der Waals surface area contributed by atoms with Crippen LogP contribution in [0.4, 0.5) is 0 Å². The Kier molecular flexibility index (Phi) is 3.18. The Bertz CT molecular complexity index is 515. The number of fused-ring (bicyclic) bond motifs is 1. The van der Waals surface area contributed by atoms with E-state index in [1.807, 2.05) is 0 Å². The summed E-state index contributed by atoms with van der Waals surface area (Å²) in [6, 6.07) is 9.42.